The number of aliphatic hydroxyl groups is 1. The molecule has 2 rings (SSSR count). The zero-order valence-electron chi connectivity index (χ0n) is 8.18. The standard InChI is InChI=1S/C10H10BrN3O/c1-14-9(11)8(6-15)13-10(14)7-3-2-4-12-5-7/h2-5,15H,6H2,1H3. The minimum absolute atomic E-state index is 0.0747. The maximum Gasteiger partial charge on any atom is 0.142 e. The summed E-state index contributed by atoms with van der Waals surface area (Å²) in [5.41, 5.74) is 1.57. The minimum Gasteiger partial charge on any atom is -0.390 e. The summed E-state index contributed by atoms with van der Waals surface area (Å²) in [4.78, 5) is 8.36. The van der Waals surface area contributed by atoms with Crippen molar-refractivity contribution in [2.24, 2.45) is 7.05 Å². The van der Waals surface area contributed by atoms with Gasteiger partial charge < -0.3 is 9.67 Å². The fourth-order valence-electron chi connectivity index (χ4n) is 1.39. The molecule has 0 atom stereocenters. The van der Waals surface area contributed by atoms with Crippen LogP contribution in [0.5, 0.6) is 0 Å². The number of pyridine rings is 1. The number of aliphatic hydroxyl groups excluding tert-OH is 1. The van der Waals surface area contributed by atoms with Crippen molar-refractivity contribution in [3.63, 3.8) is 0 Å². The number of hydrogen-bond acceptors (Lipinski definition) is 3. The van der Waals surface area contributed by atoms with Gasteiger partial charge in [0.1, 0.15) is 10.4 Å². The van der Waals surface area contributed by atoms with Crippen LogP contribution < -0.4 is 0 Å². The molecule has 0 spiro atoms. The highest BCUT2D eigenvalue weighted by Crippen LogP contribution is 2.24. The molecular weight excluding hydrogens is 258 g/mol. The highest BCUT2D eigenvalue weighted by molar-refractivity contribution is 9.10. The van der Waals surface area contributed by atoms with E-state index in [0.717, 1.165) is 16.0 Å². The van der Waals surface area contributed by atoms with Gasteiger partial charge in [-0.15, -0.1) is 0 Å². The predicted octanol–water partition coefficient (Wildman–Crippen LogP) is 1.74. The Morgan fingerprint density at radius 2 is 2.33 bits per heavy atom. The molecule has 5 heteroatoms. The van der Waals surface area contributed by atoms with Gasteiger partial charge in [-0.1, -0.05) is 0 Å². The number of imidazole rings is 1. The van der Waals surface area contributed by atoms with Gasteiger partial charge in [0.05, 0.1) is 12.3 Å². The summed E-state index contributed by atoms with van der Waals surface area (Å²) >= 11 is 3.38. The summed E-state index contributed by atoms with van der Waals surface area (Å²) in [5, 5.41) is 9.08. The van der Waals surface area contributed by atoms with E-state index < -0.39 is 0 Å². The quantitative estimate of drug-likeness (QED) is 0.902. The Morgan fingerprint density at radius 1 is 1.53 bits per heavy atom. The number of nitrogens with zero attached hydrogens (tertiary/aromatic N) is 3. The molecule has 0 unspecified atom stereocenters. The normalized spacial score (nSPS) is 10.6. The molecule has 0 bridgehead atoms. The third-order valence-electron chi connectivity index (χ3n) is 2.16. The van der Waals surface area contributed by atoms with Crippen molar-refractivity contribution in [2.45, 2.75) is 6.61 Å². The maximum absolute atomic E-state index is 9.08. The highest BCUT2D eigenvalue weighted by Gasteiger charge is 2.12. The molecule has 0 aliphatic heterocycles. The van der Waals surface area contributed by atoms with E-state index in [0.29, 0.717) is 5.69 Å². The first-order valence-corrected chi connectivity index (χ1v) is 5.25. The van der Waals surface area contributed by atoms with Crippen molar-refractivity contribution in [3.05, 3.63) is 34.8 Å². The van der Waals surface area contributed by atoms with Crippen LogP contribution in [-0.2, 0) is 13.7 Å². The third-order valence-corrected chi connectivity index (χ3v) is 3.15. The van der Waals surface area contributed by atoms with Crippen molar-refractivity contribution in [1.82, 2.24) is 14.5 Å². The van der Waals surface area contributed by atoms with Crippen molar-refractivity contribution in [3.8, 4) is 11.4 Å². The monoisotopic (exact) mass is 267 g/mol. The van der Waals surface area contributed by atoms with Crippen LogP contribution in [0.4, 0.5) is 0 Å². The summed E-state index contributed by atoms with van der Waals surface area (Å²) < 4.78 is 2.67. The zero-order chi connectivity index (χ0) is 10.8. The average Bonchev–Trinajstić information content (AvgIpc) is 2.57. The summed E-state index contributed by atoms with van der Waals surface area (Å²) in [7, 11) is 1.89. The molecule has 0 aliphatic carbocycles. The molecule has 4 nitrogen and oxygen atoms in total. The van der Waals surface area contributed by atoms with Gasteiger partial charge in [-0.3, -0.25) is 4.98 Å². The maximum atomic E-state index is 9.08. The Hall–Kier alpha value is -1.20. The van der Waals surface area contributed by atoms with Gasteiger partial charge >= 0.3 is 0 Å². The molecule has 0 saturated heterocycles. The molecule has 0 aliphatic rings. The summed E-state index contributed by atoms with van der Waals surface area (Å²) in [6.45, 7) is -0.0747. The zero-order valence-corrected chi connectivity index (χ0v) is 9.77. The fraction of sp³-hybridized carbons (Fsp3) is 0.200. The van der Waals surface area contributed by atoms with Crippen LogP contribution >= 0.6 is 15.9 Å². The molecule has 0 saturated carbocycles. The Bertz CT molecular complexity index is 467. The van der Waals surface area contributed by atoms with Gasteiger partial charge in [-0.05, 0) is 28.1 Å². The molecule has 0 aromatic carbocycles. The van der Waals surface area contributed by atoms with Crippen LogP contribution in [0.25, 0.3) is 11.4 Å². The lowest BCUT2D eigenvalue weighted by Crippen LogP contribution is -1.92. The van der Waals surface area contributed by atoms with E-state index in [4.69, 9.17) is 5.11 Å². The molecule has 78 valence electrons. The molecule has 2 aromatic rings. The Kier molecular flexibility index (Phi) is 2.83. The molecule has 0 radical (unpaired) electrons. The number of halogens is 1. The highest BCUT2D eigenvalue weighted by atomic mass is 79.9. The first-order valence-electron chi connectivity index (χ1n) is 4.46. The van der Waals surface area contributed by atoms with Crippen LogP contribution in [0.3, 0.4) is 0 Å². The molecule has 0 fully saturated rings. The Labute approximate surface area is 95.7 Å². The lowest BCUT2D eigenvalue weighted by Gasteiger charge is -2.00. The van der Waals surface area contributed by atoms with Crippen LogP contribution in [0.2, 0.25) is 0 Å². The molecule has 2 aromatic heterocycles. The van der Waals surface area contributed by atoms with E-state index in [2.05, 4.69) is 25.9 Å². The van der Waals surface area contributed by atoms with Crippen LogP contribution in [-0.4, -0.2) is 19.6 Å². The van der Waals surface area contributed by atoms with Gasteiger partial charge in [0.15, 0.2) is 0 Å². The van der Waals surface area contributed by atoms with E-state index in [1.807, 2.05) is 23.7 Å². The molecular formula is C10H10BrN3O. The summed E-state index contributed by atoms with van der Waals surface area (Å²) in [6.07, 6.45) is 3.46. The van der Waals surface area contributed by atoms with E-state index in [9.17, 15) is 0 Å². The van der Waals surface area contributed by atoms with Gasteiger partial charge in [0.2, 0.25) is 0 Å². The molecule has 1 N–H and O–H groups in total. The number of hydrogen-bond donors (Lipinski definition) is 1. The van der Waals surface area contributed by atoms with Crippen molar-refractivity contribution in [1.29, 1.82) is 0 Å². The SMILES string of the molecule is Cn1c(-c2cccnc2)nc(CO)c1Br. The lowest BCUT2D eigenvalue weighted by atomic mass is 10.3. The predicted molar refractivity (Wildman–Crippen MR) is 60.1 cm³/mol. The van der Waals surface area contributed by atoms with Gasteiger partial charge in [0, 0.05) is 25.0 Å². The Morgan fingerprint density at radius 3 is 2.87 bits per heavy atom. The second-order valence-electron chi connectivity index (χ2n) is 3.13. The number of aromatic nitrogens is 3. The van der Waals surface area contributed by atoms with Crippen LogP contribution in [0.1, 0.15) is 5.69 Å². The second-order valence-corrected chi connectivity index (χ2v) is 3.88. The molecule has 0 amide bonds. The largest absolute Gasteiger partial charge is 0.390 e. The van der Waals surface area contributed by atoms with Crippen molar-refractivity contribution < 1.29 is 5.11 Å². The van der Waals surface area contributed by atoms with Gasteiger partial charge in [-0.25, -0.2) is 4.98 Å². The topological polar surface area (TPSA) is 50.9 Å². The van der Waals surface area contributed by atoms with E-state index in [-0.39, 0.29) is 6.61 Å². The van der Waals surface area contributed by atoms with Crippen LogP contribution in [0.15, 0.2) is 29.1 Å². The molecule has 15 heavy (non-hydrogen) atoms. The first-order chi connectivity index (χ1) is 7.24. The van der Waals surface area contributed by atoms with Crippen LogP contribution in [0, 0.1) is 0 Å². The van der Waals surface area contributed by atoms with Gasteiger partial charge in [-0.2, -0.15) is 0 Å². The lowest BCUT2D eigenvalue weighted by molar-refractivity contribution is 0.276. The summed E-state index contributed by atoms with van der Waals surface area (Å²) in [5.74, 6) is 0.791. The Balaban J connectivity index is 2.55. The van der Waals surface area contributed by atoms with E-state index in [1.54, 1.807) is 12.4 Å². The minimum atomic E-state index is -0.0747. The van der Waals surface area contributed by atoms with Crippen molar-refractivity contribution in [2.75, 3.05) is 0 Å². The second kappa shape index (κ2) is 4.12. The van der Waals surface area contributed by atoms with Gasteiger partial charge in [0.25, 0.3) is 0 Å². The smallest absolute Gasteiger partial charge is 0.142 e. The summed E-state index contributed by atoms with van der Waals surface area (Å²) in [6, 6.07) is 3.79. The van der Waals surface area contributed by atoms with E-state index >= 15 is 0 Å². The molecule has 2 heterocycles. The van der Waals surface area contributed by atoms with Crippen molar-refractivity contribution >= 4 is 15.9 Å². The first kappa shape index (κ1) is 10.3. The third kappa shape index (κ3) is 1.80. The fourth-order valence-corrected chi connectivity index (χ4v) is 1.77. The average molecular weight is 268 g/mol. The number of rotatable bonds is 2. The van der Waals surface area contributed by atoms with E-state index in [1.165, 1.54) is 0 Å².